The largest absolute Gasteiger partial charge is 0.330 e. The number of amides is 2. The maximum atomic E-state index is 12.8. The van der Waals surface area contributed by atoms with Crippen molar-refractivity contribution in [3.8, 4) is 0 Å². The Morgan fingerprint density at radius 3 is 2.73 bits per heavy atom. The van der Waals surface area contributed by atoms with E-state index in [0.717, 1.165) is 19.6 Å². The van der Waals surface area contributed by atoms with E-state index in [4.69, 9.17) is 11.6 Å². The van der Waals surface area contributed by atoms with Gasteiger partial charge in [0.1, 0.15) is 11.5 Å². The molecule has 2 amide bonds. The standard InChI is InChI=1S/C22H28ClN5O2/c1-4-26(5-2)12-8-11-21(29)27-14-16(3)28-19(13-24-20(28)15-27)22(30)25-18-10-7-6-9-17(18)23/h6-11,13,16H,4-5,12,14-15H2,1-3H3,(H,25,30)/b11-8+/t16-/m1/s1. The van der Waals surface area contributed by atoms with Crippen LogP contribution in [0.25, 0.3) is 0 Å². The van der Waals surface area contributed by atoms with E-state index in [2.05, 4.69) is 29.0 Å². The Balaban J connectivity index is 1.69. The quantitative estimate of drug-likeness (QED) is 0.683. The number of para-hydroxylation sites is 1. The zero-order chi connectivity index (χ0) is 21.7. The molecule has 2 aromatic rings. The van der Waals surface area contributed by atoms with Gasteiger partial charge in [-0.05, 0) is 32.1 Å². The number of carbonyl (C=O) groups is 2. The molecule has 8 heteroatoms. The molecule has 1 aliphatic heterocycles. The molecule has 1 N–H and O–H groups in total. The van der Waals surface area contributed by atoms with Crippen molar-refractivity contribution in [1.29, 1.82) is 0 Å². The predicted octanol–water partition coefficient (Wildman–Crippen LogP) is 3.59. The third-order valence-electron chi connectivity index (χ3n) is 5.32. The van der Waals surface area contributed by atoms with Gasteiger partial charge in [0.2, 0.25) is 5.91 Å². The van der Waals surface area contributed by atoms with Crippen molar-refractivity contribution in [1.82, 2.24) is 19.4 Å². The normalized spacial score (nSPS) is 16.2. The van der Waals surface area contributed by atoms with Crippen LogP contribution in [0.1, 0.15) is 43.1 Å². The second-order valence-corrected chi connectivity index (χ2v) is 7.73. The Labute approximate surface area is 182 Å². The van der Waals surface area contributed by atoms with Gasteiger partial charge in [0, 0.05) is 19.2 Å². The van der Waals surface area contributed by atoms with Crippen molar-refractivity contribution < 1.29 is 9.59 Å². The number of fused-ring (bicyclic) bond motifs is 1. The molecular weight excluding hydrogens is 402 g/mol. The van der Waals surface area contributed by atoms with E-state index in [9.17, 15) is 9.59 Å². The third kappa shape index (κ3) is 4.91. The highest BCUT2D eigenvalue weighted by atomic mass is 35.5. The van der Waals surface area contributed by atoms with Crippen LogP contribution in [-0.2, 0) is 11.3 Å². The number of nitrogens with one attached hydrogen (secondary N) is 1. The second-order valence-electron chi connectivity index (χ2n) is 7.32. The number of hydrogen-bond donors (Lipinski definition) is 1. The SMILES string of the molecule is CCN(CC)C/C=C/C(=O)N1Cc2ncc(C(=O)Nc3ccccc3Cl)n2[C@H](C)C1. The zero-order valence-electron chi connectivity index (χ0n) is 17.6. The molecule has 0 unspecified atom stereocenters. The molecule has 160 valence electrons. The molecule has 1 atom stereocenters. The van der Waals surface area contributed by atoms with Gasteiger partial charge in [-0.1, -0.05) is 43.7 Å². The van der Waals surface area contributed by atoms with Gasteiger partial charge in [0.15, 0.2) is 0 Å². The highest BCUT2D eigenvalue weighted by Crippen LogP contribution is 2.25. The van der Waals surface area contributed by atoms with E-state index in [0.29, 0.717) is 35.3 Å². The Bertz CT molecular complexity index is 935. The molecule has 1 aromatic carbocycles. The summed E-state index contributed by atoms with van der Waals surface area (Å²) in [7, 11) is 0. The first-order valence-corrected chi connectivity index (χ1v) is 10.6. The summed E-state index contributed by atoms with van der Waals surface area (Å²) >= 11 is 6.14. The molecule has 0 fully saturated rings. The van der Waals surface area contributed by atoms with Crippen LogP contribution >= 0.6 is 11.6 Å². The fraction of sp³-hybridized carbons (Fsp3) is 0.409. The summed E-state index contributed by atoms with van der Waals surface area (Å²) in [4.78, 5) is 33.8. The minimum absolute atomic E-state index is 0.0367. The molecular formula is C22H28ClN5O2. The minimum atomic E-state index is -0.271. The molecule has 30 heavy (non-hydrogen) atoms. The van der Waals surface area contributed by atoms with Gasteiger partial charge < -0.3 is 19.7 Å². The third-order valence-corrected chi connectivity index (χ3v) is 5.65. The van der Waals surface area contributed by atoms with Gasteiger partial charge in [0.05, 0.1) is 29.5 Å². The first-order valence-electron chi connectivity index (χ1n) is 10.2. The molecule has 1 aromatic heterocycles. The summed E-state index contributed by atoms with van der Waals surface area (Å²) in [6.45, 7) is 9.73. The summed E-state index contributed by atoms with van der Waals surface area (Å²) in [5.74, 6) is 0.390. The van der Waals surface area contributed by atoms with Gasteiger partial charge >= 0.3 is 0 Å². The van der Waals surface area contributed by atoms with Gasteiger partial charge in [-0.15, -0.1) is 0 Å². The van der Waals surface area contributed by atoms with Crippen LogP contribution in [0.5, 0.6) is 0 Å². The molecule has 3 rings (SSSR count). The number of anilines is 1. The molecule has 0 radical (unpaired) electrons. The van der Waals surface area contributed by atoms with Crippen molar-refractivity contribution in [2.24, 2.45) is 0 Å². The van der Waals surface area contributed by atoms with Gasteiger partial charge in [-0.3, -0.25) is 9.59 Å². The van der Waals surface area contributed by atoms with E-state index in [1.54, 1.807) is 29.3 Å². The Morgan fingerprint density at radius 2 is 2.03 bits per heavy atom. The van der Waals surface area contributed by atoms with Crippen molar-refractivity contribution in [2.45, 2.75) is 33.4 Å². The van der Waals surface area contributed by atoms with Gasteiger partial charge in [-0.2, -0.15) is 0 Å². The summed E-state index contributed by atoms with van der Waals surface area (Å²) in [5, 5.41) is 3.32. The van der Waals surface area contributed by atoms with E-state index in [1.807, 2.05) is 29.7 Å². The summed E-state index contributed by atoms with van der Waals surface area (Å²) in [6, 6.07) is 7.03. The Hall–Kier alpha value is -2.64. The lowest BCUT2D eigenvalue weighted by atomic mass is 10.2. The number of aromatic nitrogens is 2. The number of benzene rings is 1. The van der Waals surface area contributed by atoms with Crippen LogP contribution in [0.3, 0.4) is 0 Å². The van der Waals surface area contributed by atoms with Gasteiger partial charge in [0.25, 0.3) is 5.91 Å². The fourth-order valence-electron chi connectivity index (χ4n) is 3.62. The molecule has 1 aliphatic rings. The Morgan fingerprint density at radius 1 is 1.30 bits per heavy atom. The molecule has 0 spiro atoms. The average Bonchev–Trinajstić information content (AvgIpc) is 3.17. The van der Waals surface area contributed by atoms with Crippen molar-refractivity contribution in [2.75, 3.05) is 31.5 Å². The summed E-state index contributed by atoms with van der Waals surface area (Å²) < 4.78 is 1.90. The van der Waals surface area contributed by atoms with E-state index >= 15 is 0 Å². The number of nitrogens with zero attached hydrogens (tertiary/aromatic N) is 4. The van der Waals surface area contributed by atoms with Crippen LogP contribution < -0.4 is 5.32 Å². The second kappa shape index (κ2) is 9.91. The number of hydrogen-bond acceptors (Lipinski definition) is 4. The summed E-state index contributed by atoms with van der Waals surface area (Å²) in [5.41, 5.74) is 1.01. The van der Waals surface area contributed by atoms with Crippen LogP contribution in [0.4, 0.5) is 5.69 Å². The van der Waals surface area contributed by atoms with Crippen molar-refractivity contribution >= 4 is 29.1 Å². The van der Waals surface area contributed by atoms with E-state index in [1.165, 1.54) is 0 Å². The first kappa shape index (κ1) is 22.1. The van der Waals surface area contributed by atoms with Crippen LogP contribution in [0.2, 0.25) is 5.02 Å². The number of imidazole rings is 1. The van der Waals surface area contributed by atoms with Crippen LogP contribution in [-0.4, -0.2) is 57.3 Å². The maximum Gasteiger partial charge on any atom is 0.273 e. The molecule has 7 nitrogen and oxygen atoms in total. The predicted molar refractivity (Wildman–Crippen MR) is 119 cm³/mol. The summed E-state index contributed by atoms with van der Waals surface area (Å²) in [6.07, 6.45) is 5.10. The number of halogens is 1. The highest BCUT2D eigenvalue weighted by molar-refractivity contribution is 6.33. The van der Waals surface area contributed by atoms with Crippen molar-refractivity contribution in [3.05, 3.63) is 59.2 Å². The molecule has 2 heterocycles. The number of rotatable bonds is 7. The lowest BCUT2D eigenvalue weighted by molar-refractivity contribution is -0.128. The Kier molecular flexibility index (Phi) is 7.29. The average molecular weight is 430 g/mol. The number of likely N-dealkylation sites (N-methyl/N-ethyl adjacent to an activating group) is 1. The molecule has 0 saturated carbocycles. The van der Waals surface area contributed by atoms with Crippen LogP contribution in [0, 0.1) is 0 Å². The van der Waals surface area contributed by atoms with Crippen molar-refractivity contribution in [3.63, 3.8) is 0 Å². The molecule has 0 aliphatic carbocycles. The minimum Gasteiger partial charge on any atom is -0.330 e. The molecule has 0 bridgehead atoms. The zero-order valence-corrected chi connectivity index (χ0v) is 18.4. The first-order chi connectivity index (χ1) is 14.4. The monoisotopic (exact) mass is 429 g/mol. The van der Waals surface area contributed by atoms with E-state index < -0.39 is 0 Å². The fourth-order valence-corrected chi connectivity index (χ4v) is 3.80. The maximum absolute atomic E-state index is 12.8. The lowest BCUT2D eigenvalue weighted by Gasteiger charge is -2.32. The topological polar surface area (TPSA) is 70.5 Å². The smallest absolute Gasteiger partial charge is 0.273 e. The molecule has 0 saturated heterocycles. The lowest BCUT2D eigenvalue weighted by Crippen LogP contribution is -2.40. The van der Waals surface area contributed by atoms with Gasteiger partial charge in [-0.25, -0.2) is 4.98 Å². The van der Waals surface area contributed by atoms with Crippen LogP contribution in [0.15, 0.2) is 42.6 Å². The number of carbonyl (C=O) groups excluding carboxylic acids is 2. The van der Waals surface area contributed by atoms with E-state index in [-0.39, 0.29) is 17.9 Å². The highest BCUT2D eigenvalue weighted by Gasteiger charge is 2.29.